The van der Waals surface area contributed by atoms with Gasteiger partial charge in [-0.1, -0.05) is 23.9 Å². The number of pyridine rings is 1. The molecule has 0 spiro atoms. The van der Waals surface area contributed by atoms with Crippen LogP contribution < -0.4 is 15.2 Å². The smallest absolute Gasteiger partial charge is 0.238 e. The first kappa shape index (κ1) is 14.5. The van der Waals surface area contributed by atoms with Crippen LogP contribution in [0.2, 0.25) is 0 Å². The average molecular weight is 290 g/mol. The fraction of sp³-hybridized carbons (Fsp3) is 0.267. The van der Waals surface area contributed by atoms with Crippen molar-refractivity contribution < 1.29 is 9.47 Å². The zero-order valence-electron chi connectivity index (χ0n) is 11.8. The van der Waals surface area contributed by atoms with Gasteiger partial charge < -0.3 is 15.2 Å². The van der Waals surface area contributed by atoms with E-state index in [1.54, 1.807) is 7.11 Å². The van der Waals surface area contributed by atoms with Crippen LogP contribution in [0.3, 0.4) is 0 Å². The molecule has 106 valence electrons. The summed E-state index contributed by atoms with van der Waals surface area (Å²) in [6, 6.07) is 11.5. The Kier molecular flexibility index (Phi) is 4.74. The number of hydrogen-bond donors (Lipinski definition) is 1. The second-order valence-electron chi connectivity index (χ2n) is 4.46. The summed E-state index contributed by atoms with van der Waals surface area (Å²) in [7, 11) is 1.66. The molecule has 1 heterocycles. The molecule has 0 aliphatic heterocycles. The van der Waals surface area contributed by atoms with Crippen molar-refractivity contribution in [2.75, 3.05) is 12.8 Å². The topological polar surface area (TPSA) is 57.4 Å². The third kappa shape index (κ3) is 3.57. The number of aromatic nitrogens is 1. The maximum atomic E-state index is 5.87. The molecule has 20 heavy (non-hydrogen) atoms. The van der Waals surface area contributed by atoms with Gasteiger partial charge in [0.2, 0.25) is 5.88 Å². The number of ether oxygens (including phenoxy) is 2. The fourth-order valence-corrected chi connectivity index (χ4v) is 2.51. The van der Waals surface area contributed by atoms with E-state index in [1.807, 2.05) is 50.2 Å². The number of nitrogen functional groups attached to an aromatic ring is 1. The summed E-state index contributed by atoms with van der Waals surface area (Å²) in [6.07, 6.45) is 0.0383. The van der Waals surface area contributed by atoms with E-state index in [0.29, 0.717) is 11.6 Å². The third-order valence-corrected chi connectivity index (χ3v) is 3.49. The first-order chi connectivity index (χ1) is 9.60. The number of hydrogen-bond acceptors (Lipinski definition) is 5. The van der Waals surface area contributed by atoms with E-state index in [9.17, 15) is 0 Å². The number of anilines is 1. The minimum absolute atomic E-state index is 0.0383. The van der Waals surface area contributed by atoms with Crippen molar-refractivity contribution in [3.63, 3.8) is 0 Å². The molecular weight excluding hydrogens is 272 g/mol. The molecule has 0 saturated heterocycles. The molecule has 0 radical (unpaired) electrons. The zero-order valence-corrected chi connectivity index (χ0v) is 12.6. The van der Waals surface area contributed by atoms with Crippen LogP contribution in [0.4, 0.5) is 5.69 Å². The molecule has 0 saturated carbocycles. The van der Waals surface area contributed by atoms with E-state index in [2.05, 4.69) is 4.98 Å². The van der Waals surface area contributed by atoms with E-state index >= 15 is 0 Å². The van der Waals surface area contributed by atoms with Gasteiger partial charge >= 0.3 is 0 Å². The van der Waals surface area contributed by atoms with E-state index in [-0.39, 0.29) is 6.10 Å². The minimum Gasteiger partial charge on any atom is -0.496 e. The molecule has 0 bridgehead atoms. The second kappa shape index (κ2) is 6.52. The van der Waals surface area contributed by atoms with Gasteiger partial charge in [0, 0.05) is 0 Å². The van der Waals surface area contributed by atoms with Crippen LogP contribution in [0.1, 0.15) is 13.8 Å². The summed E-state index contributed by atoms with van der Waals surface area (Å²) in [5.74, 6) is 1.29. The van der Waals surface area contributed by atoms with Gasteiger partial charge in [0.1, 0.15) is 10.8 Å². The molecule has 2 N–H and O–H groups in total. The SMILES string of the molecule is COc1ccccc1Sc1ccc(N)c(OC(C)C)n1. The van der Waals surface area contributed by atoms with Crippen molar-refractivity contribution in [1.29, 1.82) is 0 Å². The molecule has 0 aliphatic carbocycles. The second-order valence-corrected chi connectivity index (χ2v) is 5.53. The Balaban J connectivity index is 2.25. The van der Waals surface area contributed by atoms with Crippen LogP contribution >= 0.6 is 11.8 Å². The molecule has 1 aromatic carbocycles. The molecule has 4 nitrogen and oxygen atoms in total. The van der Waals surface area contributed by atoms with Crippen LogP contribution in [0.15, 0.2) is 46.3 Å². The summed E-state index contributed by atoms with van der Waals surface area (Å²) in [6.45, 7) is 3.89. The maximum absolute atomic E-state index is 5.87. The lowest BCUT2D eigenvalue weighted by Gasteiger charge is -2.12. The average Bonchev–Trinajstić information content (AvgIpc) is 2.42. The number of nitrogens with two attached hydrogens (primary N) is 1. The van der Waals surface area contributed by atoms with Gasteiger partial charge in [-0.15, -0.1) is 0 Å². The van der Waals surface area contributed by atoms with Crippen molar-refractivity contribution in [2.24, 2.45) is 0 Å². The lowest BCUT2D eigenvalue weighted by molar-refractivity contribution is 0.232. The van der Waals surface area contributed by atoms with Crippen LogP contribution in [0, 0.1) is 0 Å². The monoisotopic (exact) mass is 290 g/mol. The first-order valence-corrected chi connectivity index (χ1v) is 7.16. The molecular formula is C15H18N2O2S. The number of nitrogens with zero attached hydrogens (tertiary/aromatic N) is 1. The summed E-state index contributed by atoms with van der Waals surface area (Å²) in [4.78, 5) is 5.45. The van der Waals surface area contributed by atoms with Crippen molar-refractivity contribution >= 4 is 17.4 Å². The van der Waals surface area contributed by atoms with Crippen molar-refractivity contribution in [1.82, 2.24) is 4.98 Å². The highest BCUT2D eigenvalue weighted by molar-refractivity contribution is 7.99. The Morgan fingerprint density at radius 1 is 1.15 bits per heavy atom. The van der Waals surface area contributed by atoms with Gasteiger partial charge in [-0.3, -0.25) is 0 Å². The molecule has 0 aliphatic rings. The van der Waals surface area contributed by atoms with Gasteiger partial charge in [-0.2, -0.15) is 0 Å². The number of para-hydroxylation sites is 1. The van der Waals surface area contributed by atoms with E-state index in [1.165, 1.54) is 11.8 Å². The molecule has 5 heteroatoms. The molecule has 2 aromatic rings. The van der Waals surface area contributed by atoms with Gasteiger partial charge in [0.15, 0.2) is 0 Å². The summed E-state index contributed by atoms with van der Waals surface area (Å²) in [5, 5.41) is 0.819. The number of methoxy groups -OCH3 is 1. The molecule has 0 fully saturated rings. The van der Waals surface area contributed by atoms with E-state index in [0.717, 1.165) is 15.7 Å². The minimum atomic E-state index is 0.0383. The fourth-order valence-electron chi connectivity index (χ4n) is 1.62. The Labute approximate surface area is 123 Å². The maximum Gasteiger partial charge on any atom is 0.238 e. The number of rotatable bonds is 5. The van der Waals surface area contributed by atoms with Gasteiger partial charge in [0.05, 0.1) is 23.8 Å². The van der Waals surface area contributed by atoms with E-state index in [4.69, 9.17) is 15.2 Å². The van der Waals surface area contributed by atoms with Gasteiger partial charge in [-0.25, -0.2) is 4.98 Å². The van der Waals surface area contributed by atoms with E-state index < -0.39 is 0 Å². The van der Waals surface area contributed by atoms with Crippen molar-refractivity contribution in [3.8, 4) is 11.6 Å². The normalized spacial score (nSPS) is 10.6. The van der Waals surface area contributed by atoms with Crippen LogP contribution in [-0.2, 0) is 0 Å². The third-order valence-electron chi connectivity index (χ3n) is 2.50. The summed E-state index contributed by atoms with van der Waals surface area (Å²) >= 11 is 1.52. The quantitative estimate of drug-likeness (QED) is 0.911. The zero-order chi connectivity index (χ0) is 14.5. The molecule has 0 atom stereocenters. The molecule has 2 rings (SSSR count). The highest BCUT2D eigenvalue weighted by Crippen LogP contribution is 2.35. The van der Waals surface area contributed by atoms with Crippen LogP contribution in [0.25, 0.3) is 0 Å². The standard InChI is InChI=1S/C15H18N2O2S/c1-10(2)19-15-11(16)8-9-14(17-15)20-13-7-5-4-6-12(13)18-3/h4-10H,16H2,1-3H3. The predicted molar refractivity (Wildman–Crippen MR) is 81.5 cm³/mol. The summed E-state index contributed by atoms with van der Waals surface area (Å²) < 4.78 is 10.9. The van der Waals surface area contributed by atoms with Gasteiger partial charge in [-0.05, 0) is 38.1 Å². The predicted octanol–water partition coefficient (Wildman–Crippen LogP) is 3.61. The lowest BCUT2D eigenvalue weighted by atomic mass is 10.3. The van der Waals surface area contributed by atoms with Crippen LogP contribution in [0.5, 0.6) is 11.6 Å². The Morgan fingerprint density at radius 3 is 2.60 bits per heavy atom. The highest BCUT2D eigenvalue weighted by Gasteiger charge is 2.09. The number of benzene rings is 1. The Hall–Kier alpha value is -1.88. The highest BCUT2D eigenvalue weighted by atomic mass is 32.2. The molecule has 1 aromatic heterocycles. The van der Waals surface area contributed by atoms with Crippen molar-refractivity contribution in [3.05, 3.63) is 36.4 Å². The molecule has 0 amide bonds. The Bertz CT molecular complexity index is 588. The van der Waals surface area contributed by atoms with Crippen LogP contribution in [-0.4, -0.2) is 18.2 Å². The summed E-state index contributed by atoms with van der Waals surface area (Å²) in [5.41, 5.74) is 6.41. The van der Waals surface area contributed by atoms with Crippen molar-refractivity contribution in [2.45, 2.75) is 29.9 Å². The molecule has 0 unspecified atom stereocenters. The first-order valence-electron chi connectivity index (χ1n) is 6.34. The Morgan fingerprint density at radius 2 is 1.90 bits per heavy atom. The van der Waals surface area contributed by atoms with Gasteiger partial charge in [0.25, 0.3) is 0 Å². The lowest BCUT2D eigenvalue weighted by Crippen LogP contribution is -2.09. The largest absolute Gasteiger partial charge is 0.496 e.